The van der Waals surface area contributed by atoms with Gasteiger partial charge in [-0.25, -0.2) is 4.79 Å². The van der Waals surface area contributed by atoms with Crippen LogP contribution in [-0.4, -0.2) is 52.1 Å². The van der Waals surface area contributed by atoms with Crippen molar-refractivity contribution in [2.24, 2.45) is 0 Å². The zero-order valence-corrected chi connectivity index (χ0v) is 13.0. The number of aliphatic hydroxyl groups is 2. The Kier molecular flexibility index (Phi) is 7.74. The van der Waals surface area contributed by atoms with Gasteiger partial charge in [-0.15, -0.1) is 0 Å². The van der Waals surface area contributed by atoms with Crippen molar-refractivity contribution in [2.45, 2.75) is 25.0 Å². The third-order valence-corrected chi connectivity index (χ3v) is 4.41. The maximum absolute atomic E-state index is 11.9. The minimum Gasteiger partial charge on any atom is -0.480 e. The molecule has 0 radical (unpaired) electrons. The molecule has 2 unspecified atom stereocenters. The number of rotatable bonds is 10. The number of carboxylic acid groups (broad SMARTS) is 1. The first-order chi connectivity index (χ1) is 10.1. The van der Waals surface area contributed by atoms with Crippen LogP contribution in [-0.2, 0) is 10.3 Å². The molecule has 2 atom stereocenters. The van der Waals surface area contributed by atoms with Crippen LogP contribution in [0.3, 0.4) is 0 Å². The van der Waals surface area contributed by atoms with E-state index >= 15 is 0 Å². The molecule has 0 saturated carbocycles. The van der Waals surface area contributed by atoms with E-state index in [1.54, 1.807) is 12.1 Å². The zero-order chi connectivity index (χ0) is 15.7. The topological polar surface area (TPSA) is 89.8 Å². The van der Waals surface area contributed by atoms with Crippen LogP contribution in [0.25, 0.3) is 0 Å². The van der Waals surface area contributed by atoms with Crippen molar-refractivity contribution in [1.29, 1.82) is 0 Å². The van der Waals surface area contributed by atoms with Crippen molar-refractivity contribution >= 4 is 17.7 Å². The maximum atomic E-state index is 11.9. The fraction of sp³-hybridized carbons (Fsp3) is 0.533. The van der Waals surface area contributed by atoms with Gasteiger partial charge in [0.2, 0.25) is 0 Å². The molecular weight excluding hydrogens is 290 g/mol. The number of benzene rings is 1. The summed E-state index contributed by atoms with van der Waals surface area (Å²) in [5, 5.41) is 31.1. The summed E-state index contributed by atoms with van der Waals surface area (Å²) in [5.41, 5.74) is -0.492. The molecule has 1 aromatic carbocycles. The summed E-state index contributed by atoms with van der Waals surface area (Å²) in [4.78, 5) is 11.9. The number of thioether (sulfide) groups is 1. The largest absolute Gasteiger partial charge is 0.480 e. The molecule has 0 bridgehead atoms. The van der Waals surface area contributed by atoms with Gasteiger partial charge in [0.1, 0.15) is 0 Å². The molecule has 0 fully saturated rings. The van der Waals surface area contributed by atoms with Gasteiger partial charge in [0.25, 0.3) is 0 Å². The first-order valence-electron chi connectivity index (χ1n) is 6.97. The SMILES string of the molecule is CCCNC(CSCC(O)CO)(C(=O)O)c1ccccc1. The Labute approximate surface area is 129 Å². The Morgan fingerprint density at radius 1 is 1.38 bits per heavy atom. The third-order valence-electron chi connectivity index (χ3n) is 3.15. The molecule has 0 spiro atoms. The Hall–Kier alpha value is -1.08. The normalized spacial score (nSPS) is 15.4. The van der Waals surface area contributed by atoms with Crippen molar-refractivity contribution in [3.8, 4) is 0 Å². The molecule has 4 N–H and O–H groups in total. The lowest BCUT2D eigenvalue weighted by Crippen LogP contribution is -2.51. The Morgan fingerprint density at radius 3 is 2.57 bits per heavy atom. The number of nitrogens with one attached hydrogen (secondary N) is 1. The second-order valence-electron chi connectivity index (χ2n) is 4.85. The molecule has 21 heavy (non-hydrogen) atoms. The summed E-state index contributed by atoms with van der Waals surface area (Å²) in [5.74, 6) is -0.358. The third kappa shape index (κ3) is 5.00. The van der Waals surface area contributed by atoms with Gasteiger partial charge in [-0.1, -0.05) is 37.3 Å². The van der Waals surface area contributed by atoms with Gasteiger partial charge in [0.05, 0.1) is 12.7 Å². The van der Waals surface area contributed by atoms with E-state index in [-0.39, 0.29) is 12.4 Å². The van der Waals surface area contributed by atoms with Crippen molar-refractivity contribution in [2.75, 3.05) is 24.7 Å². The molecule has 1 rings (SSSR count). The van der Waals surface area contributed by atoms with E-state index in [1.165, 1.54) is 11.8 Å². The van der Waals surface area contributed by atoms with Gasteiger partial charge in [-0.3, -0.25) is 5.32 Å². The van der Waals surface area contributed by atoms with Gasteiger partial charge < -0.3 is 15.3 Å². The number of hydrogen-bond acceptors (Lipinski definition) is 5. The van der Waals surface area contributed by atoms with Gasteiger partial charge in [0, 0.05) is 11.5 Å². The van der Waals surface area contributed by atoms with Gasteiger partial charge in [0.15, 0.2) is 5.54 Å². The second kappa shape index (κ2) is 9.04. The lowest BCUT2D eigenvalue weighted by molar-refractivity contribution is -0.144. The smallest absolute Gasteiger partial charge is 0.329 e. The molecule has 0 saturated heterocycles. The molecule has 0 heterocycles. The van der Waals surface area contributed by atoms with Crippen LogP contribution < -0.4 is 5.32 Å². The minimum absolute atomic E-state index is 0.281. The molecule has 6 heteroatoms. The molecule has 5 nitrogen and oxygen atoms in total. The van der Waals surface area contributed by atoms with Crippen molar-refractivity contribution < 1.29 is 20.1 Å². The van der Waals surface area contributed by atoms with Crippen LogP contribution in [0.1, 0.15) is 18.9 Å². The molecule has 0 aliphatic rings. The summed E-state index contributed by atoms with van der Waals surface area (Å²) in [7, 11) is 0. The number of aliphatic carboxylic acids is 1. The van der Waals surface area contributed by atoms with Crippen LogP contribution in [0.15, 0.2) is 30.3 Å². The maximum Gasteiger partial charge on any atom is 0.329 e. The first kappa shape index (κ1) is 18.0. The van der Waals surface area contributed by atoms with Crippen LogP contribution in [0.2, 0.25) is 0 Å². The van der Waals surface area contributed by atoms with E-state index < -0.39 is 17.6 Å². The number of aliphatic hydroxyl groups excluding tert-OH is 2. The molecule has 0 aromatic heterocycles. The molecule has 0 amide bonds. The lowest BCUT2D eigenvalue weighted by Gasteiger charge is -2.31. The van der Waals surface area contributed by atoms with Crippen molar-refractivity contribution in [1.82, 2.24) is 5.32 Å². The van der Waals surface area contributed by atoms with Crippen LogP contribution in [0, 0.1) is 0 Å². The summed E-state index contributed by atoms with van der Waals surface area (Å²) in [6.07, 6.45) is -0.00495. The van der Waals surface area contributed by atoms with E-state index in [0.29, 0.717) is 17.9 Å². The van der Waals surface area contributed by atoms with Gasteiger partial charge >= 0.3 is 5.97 Å². The van der Waals surface area contributed by atoms with E-state index in [9.17, 15) is 15.0 Å². The van der Waals surface area contributed by atoms with E-state index in [1.807, 2.05) is 25.1 Å². The molecule has 1 aromatic rings. The standard InChI is InChI=1S/C15H23NO4S/c1-2-8-16-15(14(19)20,11-21-10-13(18)9-17)12-6-4-3-5-7-12/h3-7,13,16-18H,2,8-11H2,1H3,(H,19,20). The van der Waals surface area contributed by atoms with Gasteiger partial charge in [-0.2, -0.15) is 11.8 Å². The predicted molar refractivity (Wildman–Crippen MR) is 84.5 cm³/mol. The highest BCUT2D eigenvalue weighted by molar-refractivity contribution is 7.99. The fourth-order valence-corrected chi connectivity index (χ4v) is 3.15. The summed E-state index contributed by atoms with van der Waals surface area (Å²) < 4.78 is 0. The molecule has 118 valence electrons. The average Bonchev–Trinajstić information content (AvgIpc) is 2.51. The quantitative estimate of drug-likeness (QED) is 0.516. The molecule has 0 aliphatic carbocycles. The van der Waals surface area contributed by atoms with Gasteiger partial charge in [-0.05, 0) is 18.5 Å². The highest BCUT2D eigenvalue weighted by Gasteiger charge is 2.39. The predicted octanol–water partition coefficient (Wildman–Crippen LogP) is 1.05. The van der Waals surface area contributed by atoms with Crippen LogP contribution in [0.4, 0.5) is 0 Å². The van der Waals surface area contributed by atoms with E-state index in [4.69, 9.17) is 5.11 Å². The zero-order valence-electron chi connectivity index (χ0n) is 12.2. The van der Waals surface area contributed by atoms with Crippen LogP contribution in [0.5, 0.6) is 0 Å². The average molecular weight is 313 g/mol. The van der Waals surface area contributed by atoms with E-state index in [2.05, 4.69) is 5.32 Å². The minimum atomic E-state index is -1.18. The highest BCUT2D eigenvalue weighted by Crippen LogP contribution is 2.27. The van der Waals surface area contributed by atoms with Crippen molar-refractivity contribution in [3.05, 3.63) is 35.9 Å². The summed E-state index contributed by atoms with van der Waals surface area (Å²) >= 11 is 1.31. The lowest BCUT2D eigenvalue weighted by atomic mass is 9.91. The fourth-order valence-electron chi connectivity index (χ4n) is 1.96. The number of hydrogen-bond donors (Lipinski definition) is 4. The Balaban J connectivity index is 2.93. The summed E-state index contributed by atoms with van der Waals surface area (Å²) in [6.45, 7) is 2.25. The monoisotopic (exact) mass is 313 g/mol. The number of carboxylic acids is 1. The Morgan fingerprint density at radius 2 is 2.05 bits per heavy atom. The van der Waals surface area contributed by atoms with E-state index in [0.717, 1.165) is 6.42 Å². The molecule has 0 aliphatic heterocycles. The number of carbonyl (C=O) groups is 1. The molecular formula is C15H23NO4S. The first-order valence-corrected chi connectivity index (χ1v) is 8.13. The van der Waals surface area contributed by atoms with Crippen LogP contribution >= 0.6 is 11.8 Å². The van der Waals surface area contributed by atoms with Crippen molar-refractivity contribution in [3.63, 3.8) is 0 Å². The highest BCUT2D eigenvalue weighted by atomic mass is 32.2. The summed E-state index contributed by atoms with van der Waals surface area (Å²) in [6, 6.07) is 9.06. The second-order valence-corrected chi connectivity index (χ2v) is 5.89. The Bertz CT molecular complexity index is 429.